The van der Waals surface area contributed by atoms with Crippen LogP contribution in [0.2, 0.25) is 0 Å². The molecule has 0 aromatic carbocycles. The molecular weight excluding hydrogens is 234 g/mol. The van der Waals surface area contributed by atoms with Crippen molar-refractivity contribution in [2.24, 2.45) is 5.41 Å². The Balaban J connectivity index is 1.63. The second-order valence-corrected chi connectivity index (χ2v) is 5.81. The van der Waals surface area contributed by atoms with Gasteiger partial charge in [0.1, 0.15) is 5.69 Å². The summed E-state index contributed by atoms with van der Waals surface area (Å²) in [5, 5.41) is 5.28. The molecule has 92 valence electrons. The molecule has 2 aliphatic rings. The van der Waals surface area contributed by atoms with Crippen molar-refractivity contribution in [1.82, 2.24) is 15.2 Å². The lowest BCUT2D eigenvalue weighted by atomic mass is 9.78. The fourth-order valence-electron chi connectivity index (χ4n) is 2.89. The summed E-state index contributed by atoms with van der Waals surface area (Å²) in [4.78, 5) is 18.2. The number of nitrogens with zero attached hydrogens (tertiary/aromatic N) is 2. The molecule has 17 heavy (non-hydrogen) atoms. The van der Waals surface area contributed by atoms with Gasteiger partial charge in [-0.2, -0.15) is 0 Å². The first-order valence-electron chi connectivity index (χ1n) is 6.17. The Hall–Kier alpha value is -0.940. The number of hydrogen-bond donors (Lipinski definition) is 1. The second-order valence-electron chi connectivity index (χ2n) is 5.09. The Kier molecular flexibility index (Phi) is 2.88. The Morgan fingerprint density at radius 2 is 2.24 bits per heavy atom. The smallest absolute Gasteiger partial charge is 0.273 e. The van der Waals surface area contributed by atoms with Crippen LogP contribution in [0.25, 0.3) is 0 Å². The van der Waals surface area contributed by atoms with Crippen molar-refractivity contribution >= 4 is 17.2 Å². The van der Waals surface area contributed by atoms with Gasteiger partial charge in [0.2, 0.25) is 0 Å². The highest BCUT2D eigenvalue weighted by Crippen LogP contribution is 2.37. The molecule has 2 aliphatic heterocycles. The van der Waals surface area contributed by atoms with E-state index in [1.165, 1.54) is 17.8 Å². The molecule has 2 saturated heterocycles. The fourth-order valence-corrected chi connectivity index (χ4v) is 3.41. The van der Waals surface area contributed by atoms with E-state index in [2.05, 4.69) is 10.3 Å². The van der Waals surface area contributed by atoms with Crippen molar-refractivity contribution in [3.63, 3.8) is 0 Å². The highest BCUT2D eigenvalue weighted by molar-refractivity contribution is 7.07. The van der Waals surface area contributed by atoms with Gasteiger partial charge in [-0.25, -0.2) is 4.98 Å². The third-order valence-corrected chi connectivity index (χ3v) is 4.68. The van der Waals surface area contributed by atoms with Crippen molar-refractivity contribution in [1.29, 1.82) is 0 Å². The van der Waals surface area contributed by atoms with E-state index >= 15 is 0 Å². The molecule has 3 rings (SSSR count). The molecule has 2 fully saturated rings. The van der Waals surface area contributed by atoms with Gasteiger partial charge < -0.3 is 10.2 Å². The van der Waals surface area contributed by atoms with E-state index in [0.717, 1.165) is 39.0 Å². The number of likely N-dealkylation sites (tertiary alicyclic amines) is 1. The lowest BCUT2D eigenvalue weighted by Crippen LogP contribution is -2.44. The number of aromatic nitrogens is 1. The average Bonchev–Trinajstić information content (AvgIpc) is 3.01. The summed E-state index contributed by atoms with van der Waals surface area (Å²) in [6.45, 7) is 4.04. The van der Waals surface area contributed by atoms with Gasteiger partial charge in [-0.3, -0.25) is 4.79 Å². The van der Waals surface area contributed by atoms with Gasteiger partial charge in [-0.15, -0.1) is 11.3 Å². The number of rotatable bonds is 1. The zero-order valence-electron chi connectivity index (χ0n) is 9.82. The van der Waals surface area contributed by atoms with Crippen molar-refractivity contribution in [2.75, 3.05) is 26.2 Å². The number of thiazole rings is 1. The summed E-state index contributed by atoms with van der Waals surface area (Å²) in [5.41, 5.74) is 2.80. The minimum atomic E-state index is 0.104. The largest absolute Gasteiger partial charge is 0.337 e. The number of hydrogen-bond acceptors (Lipinski definition) is 4. The highest BCUT2D eigenvalue weighted by Gasteiger charge is 2.38. The van der Waals surface area contributed by atoms with E-state index in [9.17, 15) is 4.79 Å². The number of piperidine rings is 1. The number of carbonyl (C=O) groups is 1. The lowest BCUT2D eigenvalue weighted by Gasteiger charge is -2.38. The SMILES string of the molecule is O=C(c1cscn1)N1CCC2(CCNC2)CC1. The van der Waals surface area contributed by atoms with E-state index in [4.69, 9.17) is 0 Å². The molecule has 0 saturated carbocycles. The Morgan fingerprint density at radius 1 is 1.41 bits per heavy atom. The normalized spacial score (nSPS) is 23.2. The van der Waals surface area contributed by atoms with E-state index in [0.29, 0.717) is 11.1 Å². The van der Waals surface area contributed by atoms with Gasteiger partial charge in [-0.1, -0.05) is 0 Å². The van der Waals surface area contributed by atoms with Gasteiger partial charge in [0.05, 0.1) is 5.51 Å². The van der Waals surface area contributed by atoms with Crippen LogP contribution in [-0.2, 0) is 0 Å². The summed E-state index contributed by atoms with van der Waals surface area (Å²) in [5.74, 6) is 0.104. The number of amides is 1. The molecule has 1 spiro atoms. The maximum absolute atomic E-state index is 12.1. The first kappa shape index (κ1) is 11.2. The summed E-state index contributed by atoms with van der Waals surface area (Å²) in [6.07, 6.45) is 3.54. The molecular formula is C12H17N3OS. The molecule has 0 unspecified atom stereocenters. The second kappa shape index (κ2) is 4.38. The van der Waals surface area contributed by atoms with Crippen LogP contribution in [0.5, 0.6) is 0 Å². The predicted octanol–water partition coefficient (Wildman–Crippen LogP) is 1.36. The van der Waals surface area contributed by atoms with E-state index in [1.54, 1.807) is 5.51 Å². The van der Waals surface area contributed by atoms with E-state index < -0.39 is 0 Å². The lowest BCUT2D eigenvalue weighted by molar-refractivity contribution is 0.0603. The van der Waals surface area contributed by atoms with E-state index in [-0.39, 0.29) is 5.91 Å². The third-order valence-electron chi connectivity index (χ3n) is 4.09. The topological polar surface area (TPSA) is 45.2 Å². The molecule has 5 heteroatoms. The molecule has 0 radical (unpaired) electrons. The van der Waals surface area contributed by atoms with Crippen molar-refractivity contribution in [3.8, 4) is 0 Å². The van der Waals surface area contributed by atoms with Gasteiger partial charge in [0.15, 0.2) is 0 Å². The number of nitrogens with one attached hydrogen (secondary N) is 1. The van der Waals surface area contributed by atoms with Crippen molar-refractivity contribution in [2.45, 2.75) is 19.3 Å². The maximum Gasteiger partial charge on any atom is 0.273 e. The zero-order chi connectivity index (χ0) is 11.7. The van der Waals surface area contributed by atoms with Crippen LogP contribution in [0.1, 0.15) is 29.8 Å². The standard InChI is InChI=1S/C12H17N3OS/c16-11(10-7-17-9-14-10)15-5-2-12(3-6-15)1-4-13-8-12/h7,9,13H,1-6,8H2. The van der Waals surface area contributed by atoms with Crippen LogP contribution in [0.3, 0.4) is 0 Å². The Labute approximate surface area is 105 Å². The molecule has 1 aromatic heterocycles. The van der Waals surface area contributed by atoms with Gasteiger partial charge in [0.25, 0.3) is 5.91 Å². The highest BCUT2D eigenvalue weighted by atomic mass is 32.1. The summed E-state index contributed by atoms with van der Waals surface area (Å²) >= 11 is 1.48. The van der Waals surface area contributed by atoms with Crippen LogP contribution in [0, 0.1) is 5.41 Å². The maximum atomic E-state index is 12.1. The van der Waals surface area contributed by atoms with Crippen LogP contribution in [0.15, 0.2) is 10.9 Å². The average molecular weight is 251 g/mol. The van der Waals surface area contributed by atoms with Crippen LogP contribution in [0.4, 0.5) is 0 Å². The summed E-state index contributed by atoms with van der Waals surface area (Å²) in [6, 6.07) is 0. The molecule has 1 amide bonds. The predicted molar refractivity (Wildman–Crippen MR) is 67.2 cm³/mol. The summed E-state index contributed by atoms with van der Waals surface area (Å²) < 4.78 is 0. The molecule has 3 heterocycles. The Morgan fingerprint density at radius 3 is 2.82 bits per heavy atom. The quantitative estimate of drug-likeness (QED) is 0.819. The first-order valence-corrected chi connectivity index (χ1v) is 7.12. The Bertz CT molecular complexity index is 388. The number of carbonyl (C=O) groups excluding carboxylic acids is 1. The van der Waals surface area contributed by atoms with E-state index in [1.807, 2.05) is 10.3 Å². The van der Waals surface area contributed by atoms with Crippen molar-refractivity contribution in [3.05, 3.63) is 16.6 Å². The van der Waals surface area contributed by atoms with Gasteiger partial charge >= 0.3 is 0 Å². The third kappa shape index (κ3) is 2.09. The molecule has 1 aromatic rings. The molecule has 0 aliphatic carbocycles. The summed E-state index contributed by atoms with van der Waals surface area (Å²) in [7, 11) is 0. The monoisotopic (exact) mass is 251 g/mol. The van der Waals surface area contributed by atoms with Crippen LogP contribution >= 0.6 is 11.3 Å². The molecule has 0 bridgehead atoms. The minimum absolute atomic E-state index is 0.104. The molecule has 4 nitrogen and oxygen atoms in total. The minimum Gasteiger partial charge on any atom is -0.337 e. The van der Waals surface area contributed by atoms with Crippen LogP contribution < -0.4 is 5.32 Å². The van der Waals surface area contributed by atoms with Crippen LogP contribution in [-0.4, -0.2) is 42.0 Å². The van der Waals surface area contributed by atoms with Crippen molar-refractivity contribution < 1.29 is 4.79 Å². The molecule has 1 N–H and O–H groups in total. The zero-order valence-corrected chi connectivity index (χ0v) is 10.6. The first-order chi connectivity index (χ1) is 8.29. The van der Waals surface area contributed by atoms with Gasteiger partial charge in [-0.05, 0) is 31.2 Å². The molecule has 0 atom stereocenters. The van der Waals surface area contributed by atoms with Gasteiger partial charge in [0, 0.05) is 25.0 Å². The fraction of sp³-hybridized carbons (Fsp3) is 0.667.